The van der Waals surface area contributed by atoms with Gasteiger partial charge in [-0.1, -0.05) is 103 Å². The van der Waals surface area contributed by atoms with Crippen LogP contribution in [0.25, 0.3) is 38.4 Å². The predicted octanol–water partition coefficient (Wildman–Crippen LogP) is 11.4. The van der Waals surface area contributed by atoms with Gasteiger partial charge in [-0.15, -0.1) is 11.8 Å². The maximum absolute atomic E-state index is 7.54. The number of fused-ring (bicyclic) bond motifs is 8. The molecule has 0 saturated carbocycles. The number of hydrogen-bond donors (Lipinski definition) is 0. The van der Waals surface area contributed by atoms with E-state index >= 15 is 0 Å². The molecule has 1 aliphatic rings. The molecule has 0 spiro atoms. The first-order valence-electron chi connectivity index (χ1n) is 15.0. The lowest BCUT2D eigenvalue weighted by atomic mass is 9.82. The minimum atomic E-state index is -0.841. The molecule has 8 rings (SSSR count). The normalized spacial score (nSPS) is 15.7. The molecule has 1 aliphatic heterocycles. The van der Waals surface area contributed by atoms with Crippen molar-refractivity contribution in [2.24, 2.45) is 0 Å². The zero-order valence-electron chi connectivity index (χ0n) is 25.0. The second-order valence-electron chi connectivity index (χ2n) is 11.2. The van der Waals surface area contributed by atoms with Crippen LogP contribution in [0.4, 0.5) is 0 Å². The van der Waals surface area contributed by atoms with Crippen LogP contribution in [0.15, 0.2) is 154 Å². The van der Waals surface area contributed by atoms with Crippen LogP contribution < -0.4 is 9.47 Å². The van der Waals surface area contributed by atoms with Crippen molar-refractivity contribution in [2.45, 2.75) is 20.3 Å². The molecule has 0 aromatic heterocycles. The molecule has 0 aliphatic carbocycles. The first kappa shape index (κ1) is 27.9. The zero-order valence-corrected chi connectivity index (χ0v) is 26.6. The summed E-state index contributed by atoms with van der Waals surface area (Å²) in [6, 6.07) is 47.4. The fourth-order valence-corrected chi connectivity index (χ4v) is 7.94. The molecular formula is C41H30O2S2. The third kappa shape index (κ3) is 4.68. The van der Waals surface area contributed by atoms with Gasteiger partial charge in [0.25, 0.3) is 0 Å². The first-order valence-corrected chi connectivity index (χ1v) is 17.0. The second-order valence-corrected chi connectivity index (χ2v) is 13.2. The van der Waals surface area contributed by atoms with E-state index in [1.807, 2.05) is 12.1 Å². The minimum absolute atomic E-state index is 0.816. The van der Waals surface area contributed by atoms with E-state index in [1.54, 1.807) is 30.6 Å². The van der Waals surface area contributed by atoms with Crippen molar-refractivity contribution in [1.82, 2.24) is 0 Å². The van der Waals surface area contributed by atoms with E-state index in [1.165, 1.54) is 41.6 Å². The van der Waals surface area contributed by atoms with Gasteiger partial charge >= 0.3 is 0 Å². The molecule has 0 bridgehead atoms. The highest BCUT2D eigenvalue weighted by atomic mass is 32.2. The maximum Gasteiger partial charge on any atom is 0.178 e. The van der Waals surface area contributed by atoms with E-state index in [0.717, 1.165) is 33.6 Å². The highest BCUT2D eigenvalue weighted by Gasteiger charge is 2.39. The standard InChI is InChI=1S/C41H30O2S2/c1-42-29-20-16-27(17-21-29)41(28-18-22-30(44-2)23-19-28)25-24-36-38(45-31-10-4-3-5-11-31)26-37-34-14-7-6-12-32(34)33-13-8-9-15-35(33)39(37)40(36)43-41/h3-26H,1-2H3. The van der Waals surface area contributed by atoms with Crippen LogP contribution in [0.1, 0.15) is 16.7 Å². The number of methoxy groups -OCH3 is 1. The van der Waals surface area contributed by atoms with E-state index in [9.17, 15) is 0 Å². The van der Waals surface area contributed by atoms with Crippen molar-refractivity contribution in [3.8, 4) is 11.5 Å². The summed E-state index contributed by atoms with van der Waals surface area (Å²) in [5, 5.41) is 7.22. The second kappa shape index (κ2) is 11.4. The van der Waals surface area contributed by atoms with Gasteiger partial charge in [-0.25, -0.2) is 0 Å². The average molecular weight is 619 g/mol. The summed E-state index contributed by atoms with van der Waals surface area (Å²) >= 11 is 3.52. The topological polar surface area (TPSA) is 18.5 Å². The van der Waals surface area contributed by atoms with E-state index < -0.39 is 5.60 Å². The van der Waals surface area contributed by atoms with E-state index in [-0.39, 0.29) is 0 Å². The lowest BCUT2D eigenvalue weighted by molar-refractivity contribution is 0.163. The maximum atomic E-state index is 7.54. The Morgan fingerprint density at radius 2 is 1.18 bits per heavy atom. The number of rotatable bonds is 6. The third-order valence-electron chi connectivity index (χ3n) is 8.74. The summed E-state index contributed by atoms with van der Waals surface area (Å²) in [6.07, 6.45) is 6.62. The molecule has 0 fully saturated rings. The molecule has 1 atom stereocenters. The van der Waals surface area contributed by atoms with Crippen LogP contribution in [0.2, 0.25) is 0 Å². The SMILES string of the molecule is COc1ccc(C2(c3ccc(SC)cc3)C=Cc3c(Sc4ccccc4)cc4c5ccccc5c5ccccc5c4c3O2)cc1. The summed E-state index contributed by atoms with van der Waals surface area (Å²) in [5.41, 5.74) is 2.38. The Kier molecular flexibility index (Phi) is 7.05. The molecular weight excluding hydrogens is 589 g/mol. The Labute approximate surface area is 271 Å². The molecule has 45 heavy (non-hydrogen) atoms. The van der Waals surface area contributed by atoms with Crippen LogP contribution in [0.3, 0.4) is 0 Å². The number of hydrogen-bond acceptors (Lipinski definition) is 4. The van der Waals surface area contributed by atoms with Gasteiger partial charge in [-0.2, -0.15) is 0 Å². The van der Waals surface area contributed by atoms with Gasteiger partial charge in [0.1, 0.15) is 11.5 Å². The minimum Gasteiger partial charge on any atom is -0.497 e. The summed E-state index contributed by atoms with van der Waals surface area (Å²) in [7, 11) is 1.70. The molecule has 0 N–H and O–H groups in total. The molecule has 4 heteroatoms. The van der Waals surface area contributed by atoms with Gasteiger partial charge in [-0.3, -0.25) is 0 Å². The van der Waals surface area contributed by atoms with Crippen molar-refractivity contribution < 1.29 is 9.47 Å². The van der Waals surface area contributed by atoms with Crippen molar-refractivity contribution in [3.63, 3.8) is 0 Å². The summed E-state index contributed by atoms with van der Waals surface area (Å²) in [6.45, 7) is 0. The van der Waals surface area contributed by atoms with Gasteiger partial charge < -0.3 is 9.47 Å². The molecule has 7 aromatic carbocycles. The van der Waals surface area contributed by atoms with Gasteiger partial charge in [0.2, 0.25) is 0 Å². The highest BCUT2D eigenvalue weighted by Crippen LogP contribution is 2.52. The quantitative estimate of drug-likeness (QED) is 0.136. The van der Waals surface area contributed by atoms with Crippen molar-refractivity contribution in [1.29, 1.82) is 0 Å². The monoisotopic (exact) mass is 618 g/mol. The van der Waals surface area contributed by atoms with Crippen molar-refractivity contribution >= 4 is 61.9 Å². The largest absolute Gasteiger partial charge is 0.497 e. The van der Waals surface area contributed by atoms with Crippen molar-refractivity contribution in [2.75, 3.05) is 13.4 Å². The van der Waals surface area contributed by atoms with Crippen LogP contribution in [0.5, 0.6) is 11.5 Å². The Bertz CT molecular complexity index is 2170. The van der Waals surface area contributed by atoms with Gasteiger partial charge in [-0.05, 0) is 87.8 Å². The van der Waals surface area contributed by atoms with E-state index in [0.29, 0.717) is 0 Å². The molecule has 0 amide bonds. The first-order chi connectivity index (χ1) is 22.2. The molecule has 1 unspecified atom stereocenters. The Morgan fingerprint density at radius 1 is 0.600 bits per heavy atom. The molecule has 7 aromatic rings. The highest BCUT2D eigenvalue weighted by molar-refractivity contribution is 7.99. The molecule has 0 saturated heterocycles. The van der Waals surface area contributed by atoms with E-state index in [2.05, 4.69) is 140 Å². The summed E-state index contributed by atoms with van der Waals surface area (Å²) in [4.78, 5) is 3.58. The van der Waals surface area contributed by atoms with Crippen LogP contribution >= 0.6 is 23.5 Å². The van der Waals surface area contributed by atoms with E-state index in [4.69, 9.17) is 9.47 Å². The smallest absolute Gasteiger partial charge is 0.178 e. The number of thioether (sulfide) groups is 1. The molecule has 2 nitrogen and oxygen atoms in total. The van der Waals surface area contributed by atoms with Crippen molar-refractivity contribution in [3.05, 3.63) is 156 Å². The van der Waals surface area contributed by atoms with Crippen LogP contribution in [0, 0.1) is 0 Å². The lowest BCUT2D eigenvalue weighted by Gasteiger charge is -2.37. The Hall–Kier alpha value is -4.64. The average Bonchev–Trinajstić information content (AvgIpc) is 3.12. The zero-order chi connectivity index (χ0) is 30.4. The van der Waals surface area contributed by atoms with Gasteiger partial charge in [0, 0.05) is 36.8 Å². The lowest BCUT2D eigenvalue weighted by Crippen LogP contribution is -2.34. The Morgan fingerprint density at radius 3 is 1.82 bits per heavy atom. The molecule has 0 radical (unpaired) electrons. The fraction of sp³-hybridized carbons (Fsp3) is 0.0732. The molecule has 218 valence electrons. The van der Waals surface area contributed by atoms with Crippen LogP contribution in [-0.4, -0.2) is 13.4 Å². The van der Waals surface area contributed by atoms with Gasteiger partial charge in [0.15, 0.2) is 5.60 Å². The third-order valence-corrected chi connectivity index (χ3v) is 10.6. The number of ether oxygens (including phenoxy) is 2. The number of benzene rings is 7. The predicted molar refractivity (Wildman–Crippen MR) is 191 cm³/mol. The fourth-order valence-electron chi connectivity index (χ4n) is 6.53. The summed E-state index contributed by atoms with van der Waals surface area (Å²) < 4.78 is 13.1. The Balaban J connectivity index is 1.46. The molecule has 1 heterocycles. The van der Waals surface area contributed by atoms with Gasteiger partial charge in [0.05, 0.1) is 7.11 Å². The summed E-state index contributed by atoms with van der Waals surface area (Å²) in [5.74, 6) is 1.72. The van der Waals surface area contributed by atoms with Crippen LogP contribution in [-0.2, 0) is 5.60 Å².